The number of benzene rings is 1. The smallest absolute Gasteiger partial charge is 0.227 e. The minimum absolute atomic E-state index is 0.00907. The molecule has 0 saturated carbocycles. The third-order valence-electron chi connectivity index (χ3n) is 5.46. The molecule has 1 aromatic heterocycles. The van der Waals surface area contributed by atoms with E-state index in [1.165, 1.54) is 12.3 Å². The lowest BCUT2D eigenvalue weighted by Crippen LogP contribution is -2.24. The number of rotatable bonds is 7. The van der Waals surface area contributed by atoms with Crippen molar-refractivity contribution < 1.29 is 28.6 Å². The maximum Gasteiger partial charge on any atom is 0.227 e. The number of carbonyl (C=O) groups excluding carboxylic acids is 2. The number of Topliss-reactive ketones (excluding diaryl/α,β-unsaturated/α-hetero) is 1. The number of hydrogen-bond acceptors (Lipinski definition) is 6. The monoisotopic (exact) mass is 444 g/mol. The highest BCUT2D eigenvalue weighted by molar-refractivity contribution is 6.03. The number of ketones is 1. The lowest BCUT2D eigenvalue weighted by Gasteiger charge is -2.17. The van der Waals surface area contributed by atoms with Gasteiger partial charge in [0.05, 0.1) is 12.3 Å². The Morgan fingerprint density at radius 2 is 2.00 bits per heavy atom. The van der Waals surface area contributed by atoms with Gasteiger partial charge < -0.3 is 19.5 Å². The van der Waals surface area contributed by atoms with Crippen molar-refractivity contribution in [1.82, 2.24) is 4.98 Å². The quantitative estimate of drug-likeness (QED) is 0.693. The molecule has 1 atom stereocenters. The summed E-state index contributed by atoms with van der Waals surface area (Å²) < 4.78 is 24.7. The van der Waals surface area contributed by atoms with E-state index >= 15 is 0 Å². The molecule has 0 bridgehead atoms. The van der Waals surface area contributed by atoms with Crippen LogP contribution in [-0.4, -0.2) is 47.6 Å². The Hall–Kier alpha value is -3.00. The Bertz CT molecular complexity index is 948. The number of halogens is 1. The van der Waals surface area contributed by atoms with Gasteiger partial charge in [-0.1, -0.05) is 6.92 Å². The van der Waals surface area contributed by atoms with E-state index in [0.717, 1.165) is 12.8 Å². The summed E-state index contributed by atoms with van der Waals surface area (Å²) in [4.78, 5) is 28.7. The number of ether oxygens (including phenoxy) is 2. The molecule has 1 aromatic carbocycles. The Morgan fingerprint density at radius 3 is 2.62 bits per heavy atom. The van der Waals surface area contributed by atoms with Crippen molar-refractivity contribution in [2.24, 2.45) is 0 Å². The minimum atomic E-state index is -0.358. The fraction of sp³-hybridized carbons (Fsp3) is 0.458. The second-order valence-electron chi connectivity index (χ2n) is 7.68. The van der Waals surface area contributed by atoms with Crippen molar-refractivity contribution in [3.05, 3.63) is 47.4 Å². The van der Waals surface area contributed by atoms with Crippen LogP contribution in [0.4, 0.5) is 10.1 Å². The van der Waals surface area contributed by atoms with E-state index in [4.69, 9.17) is 14.6 Å². The molecule has 1 aliphatic heterocycles. The minimum Gasteiger partial charge on any atom is -0.506 e. The van der Waals surface area contributed by atoms with Gasteiger partial charge in [-0.3, -0.25) is 9.59 Å². The normalized spacial score (nSPS) is 15.9. The van der Waals surface area contributed by atoms with Gasteiger partial charge in [-0.05, 0) is 49.9 Å². The molecule has 2 heterocycles. The van der Waals surface area contributed by atoms with Crippen LogP contribution >= 0.6 is 0 Å². The number of carbonyl (C=O) groups is 2. The standard InChI is InChI=1S/C13H12FNO2.C11H17NO3/c14-11-7-8(15-5-1-2-13(15)17)6-10-9(11)3-4-12(10)16;1-3-10(14-4-2)8-15-11-6-5-9(13)7-12-11/h6-7H,1-5H2;5-7,10,13H,3-4,8H2,1-2H3. The lowest BCUT2D eigenvalue weighted by molar-refractivity contribution is -0.117. The third kappa shape index (κ3) is 5.82. The molecule has 4 rings (SSSR count). The molecule has 1 unspecified atom stereocenters. The van der Waals surface area contributed by atoms with Crippen LogP contribution in [-0.2, 0) is 16.0 Å². The maximum atomic E-state index is 13.8. The first-order valence-electron chi connectivity index (χ1n) is 11.0. The second-order valence-corrected chi connectivity index (χ2v) is 7.68. The lowest BCUT2D eigenvalue weighted by atomic mass is 10.1. The molecule has 0 radical (unpaired) electrons. The number of anilines is 1. The highest BCUT2D eigenvalue weighted by Crippen LogP contribution is 2.31. The van der Waals surface area contributed by atoms with Crippen LogP contribution in [0.2, 0.25) is 0 Å². The molecule has 172 valence electrons. The molecule has 32 heavy (non-hydrogen) atoms. The van der Waals surface area contributed by atoms with Crippen molar-refractivity contribution in [2.75, 3.05) is 24.7 Å². The summed E-state index contributed by atoms with van der Waals surface area (Å²) in [5.74, 6) is 0.274. The van der Waals surface area contributed by atoms with E-state index < -0.39 is 0 Å². The number of amides is 1. The third-order valence-corrected chi connectivity index (χ3v) is 5.46. The Morgan fingerprint density at radius 1 is 1.19 bits per heavy atom. The van der Waals surface area contributed by atoms with Crippen molar-refractivity contribution >= 4 is 17.4 Å². The highest BCUT2D eigenvalue weighted by Gasteiger charge is 2.28. The fourth-order valence-electron chi connectivity index (χ4n) is 3.73. The van der Waals surface area contributed by atoms with Crippen molar-refractivity contribution in [2.45, 2.75) is 52.1 Å². The topological polar surface area (TPSA) is 89.0 Å². The SMILES string of the molecule is CCOC(CC)COc1ccc(O)cn1.O=C1CCc2c(F)cc(N3CCCC3=O)cc21. The van der Waals surface area contributed by atoms with Gasteiger partial charge in [-0.15, -0.1) is 0 Å². The van der Waals surface area contributed by atoms with Gasteiger partial charge in [0.15, 0.2) is 5.78 Å². The molecule has 1 amide bonds. The van der Waals surface area contributed by atoms with Gasteiger partial charge in [-0.25, -0.2) is 9.37 Å². The van der Waals surface area contributed by atoms with Crippen LogP contribution in [0.15, 0.2) is 30.5 Å². The van der Waals surface area contributed by atoms with Gasteiger partial charge in [0.2, 0.25) is 11.8 Å². The zero-order valence-electron chi connectivity index (χ0n) is 18.5. The number of aromatic nitrogens is 1. The summed E-state index contributed by atoms with van der Waals surface area (Å²) in [5.41, 5.74) is 1.49. The van der Waals surface area contributed by atoms with Crippen LogP contribution in [0, 0.1) is 5.82 Å². The molecule has 1 saturated heterocycles. The molecule has 0 spiro atoms. The van der Waals surface area contributed by atoms with Crippen LogP contribution in [0.25, 0.3) is 0 Å². The first kappa shape index (κ1) is 23.7. The first-order valence-corrected chi connectivity index (χ1v) is 11.0. The fourth-order valence-corrected chi connectivity index (χ4v) is 3.73. The van der Waals surface area contributed by atoms with Gasteiger partial charge in [-0.2, -0.15) is 0 Å². The first-order chi connectivity index (χ1) is 15.4. The van der Waals surface area contributed by atoms with Crippen LogP contribution in [0.1, 0.15) is 55.5 Å². The average molecular weight is 445 g/mol. The van der Waals surface area contributed by atoms with Crippen LogP contribution in [0.3, 0.4) is 0 Å². The molecular weight excluding hydrogens is 415 g/mol. The predicted octanol–water partition coefficient (Wildman–Crippen LogP) is 4.06. The Balaban J connectivity index is 0.000000183. The Kier molecular flexibility index (Phi) is 8.16. The summed E-state index contributed by atoms with van der Waals surface area (Å²) in [6.45, 7) is 5.80. The molecule has 2 aromatic rings. The average Bonchev–Trinajstić information content (AvgIpc) is 3.38. The van der Waals surface area contributed by atoms with E-state index in [1.807, 2.05) is 13.8 Å². The molecule has 8 heteroatoms. The number of hydrogen-bond donors (Lipinski definition) is 1. The molecule has 2 aliphatic rings. The summed E-state index contributed by atoms with van der Waals surface area (Å²) in [6.07, 6.45) is 4.53. The number of aromatic hydroxyl groups is 1. The predicted molar refractivity (Wildman–Crippen MR) is 118 cm³/mol. The zero-order valence-corrected chi connectivity index (χ0v) is 18.5. The Labute approximate surface area is 187 Å². The number of nitrogens with zero attached hydrogens (tertiary/aromatic N) is 2. The van der Waals surface area contributed by atoms with Crippen molar-refractivity contribution in [3.63, 3.8) is 0 Å². The van der Waals surface area contributed by atoms with E-state index in [1.54, 1.807) is 23.1 Å². The van der Waals surface area contributed by atoms with E-state index in [0.29, 0.717) is 61.7 Å². The van der Waals surface area contributed by atoms with E-state index in [-0.39, 0.29) is 29.4 Å². The maximum absolute atomic E-state index is 13.8. The van der Waals surface area contributed by atoms with Crippen LogP contribution < -0.4 is 9.64 Å². The van der Waals surface area contributed by atoms with Gasteiger partial charge in [0.25, 0.3) is 0 Å². The number of fused-ring (bicyclic) bond motifs is 1. The molecular formula is C24H29FN2O5. The van der Waals surface area contributed by atoms with E-state index in [9.17, 15) is 14.0 Å². The summed E-state index contributed by atoms with van der Waals surface area (Å²) in [6, 6.07) is 6.22. The van der Waals surface area contributed by atoms with Gasteiger partial charge in [0.1, 0.15) is 18.2 Å². The highest BCUT2D eigenvalue weighted by atomic mass is 19.1. The molecule has 1 aliphatic carbocycles. The summed E-state index contributed by atoms with van der Waals surface area (Å²) in [7, 11) is 0. The van der Waals surface area contributed by atoms with Crippen LogP contribution in [0.5, 0.6) is 11.6 Å². The van der Waals surface area contributed by atoms with Crippen molar-refractivity contribution in [1.29, 1.82) is 0 Å². The largest absolute Gasteiger partial charge is 0.506 e. The zero-order chi connectivity index (χ0) is 23.1. The van der Waals surface area contributed by atoms with Crippen molar-refractivity contribution in [3.8, 4) is 11.6 Å². The van der Waals surface area contributed by atoms with E-state index in [2.05, 4.69) is 4.98 Å². The molecule has 1 N–H and O–H groups in total. The van der Waals surface area contributed by atoms with Gasteiger partial charge in [0, 0.05) is 43.3 Å². The number of pyridine rings is 1. The molecule has 1 fully saturated rings. The summed E-state index contributed by atoms with van der Waals surface area (Å²) in [5, 5.41) is 9.02. The summed E-state index contributed by atoms with van der Waals surface area (Å²) >= 11 is 0. The second kappa shape index (κ2) is 11.0. The van der Waals surface area contributed by atoms with Gasteiger partial charge >= 0.3 is 0 Å². The molecule has 7 nitrogen and oxygen atoms in total.